The molecule has 12 heteroatoms. The van der Waals surface area contributed by atoms with Gasteiger partial charge in [-0.1, -0.05) is 23.2 Å². The van der Waals surface area contributed by atoms with Gasteiger partial charge in [-0.2, -0.15) is 0 Å². The molecule has 0 atom stereocenters. The summed E-state index contributed by atoms with van der Waals surface area (Å²) >= 11 is 27.6. The highest BCUT2D eigenvalue weighted by Crippen LogP contribution is 2.31. The smallest absolute Gasteiger partial charge is 0.224 e. The molecule has 0 bridgehead atoms. The van der Waals surface area contributed by atoms with Crippen LogP contribution in [0.3, 0.4) is 0 Å². The summed E-state index contributed by atoms with van der Waals surface area (Å²) in [5, 5.41) is 2.43. The summed E-state index contributed by atoms with van der Waals surface area (Å²) in [6.45, 7) is 0. The average Bonchev–Trinajstić information content (AvgIpc) is 2.67. The number of aromatic nitrogens is 4. The maximum absolute atomic E-state index is 5.95. The van der Waals surface area contributed by atoms with E-state index in [1.807, 2.05) is 12.1 Å². The Bertz CT molecular complexity index is 1160. The van der Waals surface area contributed by atoms with Crippen LogP contribution in [0.1, 0.15) is 0 Å². The van der Waals surface area contributed by atoms with Crippen molar-refractivity contribution in [3.05, 3.63) is 52.3 Å². The highest BCUT2D eigenvalue weighted by Gasteiger charge is 2.10. The number of benzene rings is 2. The molecule has 6 nitrogen and oxygen atoms in total. The van der Waals surface area contributed by atoms with E-state index >= 15 is 0 Å². The van der Waals surface area contributed by atoms with Gasteiger partial charge in [0.2, 0.25) is 10.6 Å². The van der Waals surface area contributed by atoms with Crippen molar-refractivity contribution in [3.8, 4) is 11.5 Å². The van der Waals surface area contributed by atoms with Crippen molar-refractivity contribution < 1.29 is 9.47 Å². The fourth-order valence-corrected chi connectivity index (χ4v) is 4.69. The van der Waals surface area contributed by atoms with Crippen molar-refractivity contribution in [2.24, 2.45) is 0 Å². The van der Waals surface area contributed by atoms with Crippen molar-refractivity contribution in [1.82, 2.24) is 19.9 Å². The second-order valence-electron chi connectivity index (χ2n) is 5.57. The van der Waals surface area contributed by atoms with E-state index in [-0.39, 0.29) is 10.6 Å². The lowest BCUT2D eigenvalue weighted by atomic mass is 10.2. The van der Waals surface area contributed by atoms with E-state index in [4.69, 9.17) is 55.9 Å². The summed E-state index contributed by atoms with van der Waals surface area (Å²) < 4.78 is 12.3. The van der Waals surface area contributed by atoms with Gasteiger partial charge in [0.05, 0.1) is 32.4 Å². The normalized spacial score (nSPS) is 10.7. The summed E-state index contributed by atoms with van der Waals surface area (Å²) in [5.74, 6) is 1.49. The Labute approximate surface area is 218 Å². The molecule has 4 aromatic rings. The van der Waals surface area contributed by atoms with Gasteiger partial charge in [0.25, 0.3) is 0 Å². The lowest BCUT2D eigenvalue weighted by Gasteiger charge is -2.06. The molecule has 0 saturated heterocycles. The van der Waals surface area contributed by atoms with Gasteiger partial charge < -0.3 is 9.47 Å². The first kappa shape index (κ1) is 24.0. The minimum atomic E-state index is 0.147. The summed E-state index contributed by atoms with van der Waals surface area (Å²) in [6.07, 6.45) is 0. The van der Waals surface area contributed by atoms with Crippen molar-refractivity contribution in [3.63, 3.8) is 0 Å². The SMILES string of the molecule is COc1cc2c(Cl)nc(Cl)nc2cc1I.COc1cc2c(Cl)nc(Cl)nc2cc1I. The number of fused-ring (bicyclic) bond motifs is 2. The standard InChI is InChI=1S/2C9H5Cl2IN2O/c2*1-15-7-2-4-6(3-5(7)12)13-9(11)14-8(4)10/h2*2-3H,1H3. The fraction of sp³-hybridized carbons (Fsp3) is 0.111. The van der Waals surface area contributed by atoms with E-state index < -0.39 is 0 Å². The molecule has 0 aliphatic heterocycles. The molecule has 0 aliphatic rings. The lowest BCUT2D eigenvalue weighted by molar-refractivity contribution is 0.412. The zero-order chi connectivity index (χ0) is 22.0. The molecule has 0 aliphatic carbocycles. The van der Waals surface area contributed by atoms with E-state index in [2.05, 4.69) is 65.1 Å². The summed E-state index contributed by atoms with van der Waals surface area (Å²) in [7, 11) is 3.21. The van der Waals surface area contributed by atoms with Crippen LogP contribution in [0.5, 0.6) is 11.5 Å². The Kier molecular flexibility index (Phi) is 8.24. The molecule has 0 saturated carbocycles. The molecule has 2 aromatic carbocycles. The third-order valence-electron chi connectivity index (χ3n) is 3.79. The van der Waals surface area contributed by atoms with Gasteiger partial charge in [-0.25, -0.2) is 19.9 Å². The first-order valence-corrected chi connectivity index (χ1v) is 11.6. The maximum atomic E-state index is 5.95. The number of methoxy groups -OCH3 is 2. The van der Waals surface area contributed by atoms with Gasteiger partial charge in [0, 0.05) is 10.8 Å². The Morgan fingerprint density at radius 2 is 1.00 bits per heavy atom. The summed E-state index contributed by atoms with van der Waals surface area (Å²) in [4.78, 5) is 15.9. The predicted molar refractivity (Wildman–Crippen MR) is 138 cm³/mol. The van der Waals surface area contributed by atoms with Crippen LogP contribution in [0, 0.1) is 7.14 Å². The first-order valence-electron chi connectivity index (χ1n) is 7.96. The van der Waals surface area contributed by atoms with Crippen LogP contribution in [0.15, 0.2) is 24.3 Å². The quantitative estimate of drug-likeness (QED) is 0.126. The number of hydrogen-bond donors (Lipinski definition) is 0. The third kappa shape index (κ3) is 5.39. The van der Waals surface area contributed by atoms with Crippen LogP contribution < -0.4 is 9.47 Å². The summed E-state index contributed by atoms with van der Waals surface area (Å²) in [5.41, 5.74) is 1.43. The molecule has 0 radical (unpaired) electrons. The van der Waals surface area contributed by atoms with E-state index in [0.717, 1.165) is 29.4 Å². The molecule has 0 unspecified atom stereocenters. The molecule has 2 heterocycles. The van der Waals surface area contributed by atoms with Gasteiger partial charge in [-0.15, -0.1) is 0 Å². The Morgan fingerprint density at radius 1 is 0.633 bits per heavy atom. The minimum Gasteiger partial charge on any atom is -0.496 e. The third-order valence-corrected chi connectivity index (χ3v) is 6.39. The molecule has 4 rings (SSSR count). The molecule has 2 aromatic heterocycles. The largest absolute Gasteiger partial charge is 0.496 e. The van der Waals surface area contributed by atoms with Gasteiger partial charge in [-0.3, -0.25) is 0 Å². The summed E-state index contributed by atoms with van der Waals surface area (Å²) in [6, 6.07) is 7.31. The van der Waals surface area contributed by atoms with Crippen molar-refractivity contribution >= 4 is 113 Å². The zero-order valence-electron chi connectivity index (χ0n) is 15.2. The van der Waals surface area contributed by atoms with Crippen LogP contribution in [0.2, 0.25) is 20.9 Å². The first-order chi connectivity index (χ1) is 14.2. The number of hydrogen-bond acceptors (Lipinski definition) is 6. The minimum absolute atomic E-state index is 0.147. The van der Waals surface area contributed by atoms with Crippen molar-refractivity contribution in [2.75, 3.05) is 14.2 Å². The topological polar surface area (TPSA) is 70.0 Å². The predicted octanol–water partition coefficient (Wildman–Crippen LogP) is 7.10. The highest BCUT2D eigenvalue weighted by molar-refractivity contribution is 14.1. The average molecular weight is 710 g/mol. The molecule has 0 amide bonds. The van der Waals surface area contributed by atoms with Gasteiger partial charge >= 0.3 is 0 Å². The van der Waals surface area contributed by atoms with Crippen LogP contribution >= 0.6 is 91.6 Å². The molecule has 0 fully saturated rings. The molecular formula is C18H10Cl4I2N4O2. The second-order valence-corrected chi connectivity index (χ2v) is 9.29. The maximum Gasteiger partial charge on any atom is 0.224 e. The van der Waals surface area contributed by atoms with Gasteiger partial charge in [0.15, 0.2) is 0 Å². The monoisotopic (exact) mass is 708 g/mol. The Hall–Kier alpha value is -0.660. The van der Waals surface area contributed by atoms with Crippen molar-refractivity contribution in [2.45, 2.75) is 0 Å². The van der Waals surface area contributed by atoms with Crippen LogP contribution in [0.25, 0.3) is 21.8 Å². The van der Waals surface area contributed by atoms with E-state index in [1.165, 1.54) is 0 Å². The molecular weight excluding hydrogens is 700 g/mol. The van der Waals surface area contributed by atoms with Gasteiger partial charge in [0.1, 0.15) is 21.8 Å². The van der Waals surface area contributed by atoms with Crippen molar-refractivity contribution in [1.29, 1.82) is 0 Å². The van der Waals surface area contributed by atoms with E-state index in [0.29, 0.717) is 21.3 Å². The van der Waals surface area contributed by atoms with E-state index in [1.54, 1.807) is 26.4 Å². The van der Waals surface area contributed by atoms with Gasteiger partial charge in [-0.05, 0) is 92.6 Å². The highest BCUT2D eigenvalue weighted by atomic mass is 127. The Morgan fingerprint density at radius 3 is 1.33 bits per heavy atom. The number of rotatable bonds is 2. The Balaban J connectivity index is 0.000000171. The fourth-order valence-electron chi connectivity index (χ4n) is 2.45. The number of nitrogens with zero attached hydrogens (tertiary/aromatic N) is 4. The van der Waals surface area contributed by atoms with Crippen LogP contribution in [-0.4, -0.2) is 34.2 Å². The van der Waals surface area contributed by atoms with E-state index in [9.17, 15) is 0 Å². The van der Waals surface area contributed by atoms with Crippen LogP contribution in [-0.2, 0) is 0 Å². The molecule has 0 N–H and O–H groups in total. The van der Waals surface area contributed by atoms with Crippen LogP contribution in [0.4, 0.5) is 0 Å². The number of halogens is 6. The molecule has 30 heavy (non-hydrogen) atoms. The molecule has 0 spiro atoms. The lowest BCUT2D eigenvalue weighted by Crippen LogP contribution is -1.91. The number of ether oxygens (including phenoxy) is 2. The second kappa shape index (κ2) is 10.3. The molecule has 156 valence electrons. The zero-order valence-corrected chi connectivity index (χ0v) is 22.5.